The molecule has 1 N–H and O–H groups in total. The Morgan fingerprint density at radius 1 is 1.28 bits per heavy atom. The van der Waals surface area contributed by atoms with Crippen molar-refractivity contribution in [3.05, 3.63) is 39.4 Å². The van der Waals surface area contributed by atoms with E-state index in [1.807, 2.05) is 0 Å². The first-order valence-corrected chi connectivity index (χ1v) is 5.04. The van der Waals surface area contributed by atoms with Crippen LogP contribution < -0.4 is 0 Å². The molecular formula is C12H11NO5. The summed E-state index contributed by atoms with van der Waals surface area (Å²) in [6, 6.07) is 3.62. The fourth-order valence-corrected chi connectivity index (χ4v) is 1.39. The molecule has 0 amide bonds. The van der Waals surface area contributed by atoms with E-state index in [9.17, 15) is 24.8 Å². The van der Waals surface area contributed by atoms with Crippen LogP contribution in [0.15, 0.2) is 23.8 Å². The molecule has 6 heteroatoms. The topological polar surface area (TPSA) is 97.5 Å². The highest BCUT2D eigenvalue weighted by atomic mass is 16.6. The maximum absolute atomic E-state index is 11.2. The third kappa shape index (κ3) is 3.00. The van der Waals surface area contributed by atoms with Gasteiger partial charge >= 0.3 is 5.69 Å². The fourth-order valence-electron chi connectivity index (χ4n) is 1.39. The third-order valence-corrected chi connectivity index (χ3v) is 2.27. The molecule has 0 heterocycles. The number of nitro benzene ring substituents is 1. The first kappa shape index (κ1) is 13.6. The van der Waals surface area contributed by atoms with Crippen molar-refractivity contribution >= 4 is 23.3 Å². The molecule has 0 fully saturated rings. The van der Waals surface area contributed by atoms with E-state index < -0.39 is 27.9 Å². The molecule has 0 aliphatic rings. The van der Waals surface area contributed by atoms with Crippen molar-refractivity contribution < 1.29 is 19.6 Å². The number of carbonyl (C=O) groups excluding carboxylic acids is 2. The van der Waals surface area contributed by atoms with E-state index in [0.717, 1.165) is 12.1 Å². The number of rotatable bonds is 4. The lowest BCUT2D eigenvalue weighted by Gasteiger charge is -2.00. The Balaban J connectivity index is 3.30. The summed E-state index contributed by atoms with van der Waals surface area (Å²) in [5, 5.41) is 19.9. The van der Waals surface area contributed by atoms with E-state index in [1.54, 1.807) is 0 Å². The van der Waals surface area contributed by atoms with Crippen LogP contribution in [0.1, 0.15) is 19.4 Å². The van der Waals surface area contributed by atoms with Crippen LogP contribution in [0.25, 0.3) is 6.08 Å². The lowest BCUT2D eigenvalue weighted by molar-refractivity contribution is -0.385. The second-order valence-electron chi connectivity index (χ2n) is 3.68. The summed E-state index contributed by atoms with van der Waals surface area (Å²) in [5.74, 6) is -1.30. The molecule has 0 aromatic heterocycles. The quantitative estimate of drug-likeness (QED) is 0.289. The summed E-state index contributed by atoms with van der Waals surface area (Å²) in [4.78, 5) is 32.3. The van der Waals surface area contributed by atoms with Gasteiger partial charge in [0.1, 0.15) is 0 Å². The van der Waals surface area contributed by atoms with Crippen molar-refractivity contribution in [2.45, 2.75) is 13.8 Å². The molecule has 1 rings (SSSR count). The fraction of sp³-hybridized carbons (Fsp3) is 0.167. The van der Waals surface area contributed by atoms with Gasteiger partial charge in [0.2, 0.25) is 0 Å². The first-order chi connectivity index (χ1) is 8.32. The number of ketones is 2. The molecule has 0 unspecified atom stereocenters. The van der Waals surface area contributed by atoms with Crippen molar-refractivity contribution in [1.29, 1.82) is 0 Å². The third-order valence-electron chi connectivity index (χ3n) is 2.27. The minimum absolute atomic E-state index is 0.0463. The van der Waals surface area contributed by atoms with Crippen LogP contribution in [0.4, 0.5) is 5.69 Å². The molecule has 0 saturated carbocycles. The van der Waals surface area contributed by atoms with Crippen molar-refractivity contribution in [1.82, 2.24) is 0 Å². The lowest BCUT2D eigenvalue weighted by atomic mass is 10.0. The minimum Gasteiger partial charge on any atom is -0.502 e. The Labute approximate surface area is 103 Å². The number of hydrogen-bond acceptors (Lipinski definition) is 5. The van der Waals surface area contributed by atoms with Gasteiger partial charge in [-0.3, -0.25) is 19.7 Å². The minimum atomic E-state index is -0.742. The normalized spacial score (nSPS) is 9.67. The van der Waals surface area contributed by atoms with Gasteiger partial charge in [-0.15, -0.1) is 0 Å². The highest BCUT2D eigenvalue weighted by Crippen LogP contribution is 2.27. The van der Waals surface area contributed by atoms with Crippen LogP contribution >= 0.6 is 0 Å². The Hall–Kier alpha value is -2.50. The van der Waals surface area contributed by atoms with E-state index in [0.29, 0.717) is 5.56 Å². The number of nitro groups is 1. The molecule has 0 aliphatic heterocycles. The van der Waals surface area contributed by atoms with Crippen molar-refractivity contribution in [3.8, 4) is 5.75 Å². The summed E-state index contributed by atoms with van der Waals surface area (Å²) < 4.78 is 0. The molecule has 94 valence electrons. The predicted molar refractivity (Wildman–Crippen MR) is 64.1 cm³/mol. The molecule has 0 spiro atoms. The van der Waals surface area contributed by atoms with Gasteiger partial charge in [-0.05, 0) is 31.6 Å². The number of nitrogens with zero attached hydrogens (tertiary/aromatic N) is 1. The molecule has 1 aromatic carbocycles. The molecular weight excluding hydrogens is 238 g/mol. The van der Waals surface area contributed by atoms with Gasteiger partial charge in [0, 0.05) is 6.07 Å². The average Bonchev–Trinajstić information content (AvgIpc) is 2.26. The largest absolute Gasteiger partial charge is 0.502 e. The molecule has 18 heavy (non-hydrogen) atoms. The van der Waals surface area contributed by atoms with Crippen molar-refractivity contribution in [2.75, 3.05) is 0 Å². The zero-order valence-corrected chi connectivity index (χ0v) is 9.84. The van der Waals surface area contributed by atoms with Crippen LogP contribution in [0.5, 0.6) is 5.75 Å². The summed E-state index contributed by atoms with van der Waals surface area (Å²) in [5.41, 5.74) is -0.218. The predicted octanol–water partition coefficient (Wildman–Crippen LogP) is 1.86. The van der Waals surface area contributed by atoms with E-state index in [2.05, 4.69) is 0 Å². The Kier molecular flexibility index (Phi) is 3.93. The van der Waals surface area contributed by atoms with Crippen LogP contribution in [0.2, 0.25) is 0 Å². The maximum Gasteiger partial charge on any atom is 0.311 e. The van der Waals surface area contributed by atoms with Crippen LogP contribution in [0, 0.1) is 10.1 Å². The van der Waals surface area contributed by atoms with Gasteiger partial charge < -0.3 is 5.11 Å². The Morgan fingerprint density at radius 2 is 1.83 bits per heavy atom. The average molecular weight is 249 g/mol. The number of phenolic OH excluding ortho intramolecular Hbond substituents is 1. The number of aromatic hydroxyl groups is 1. The van der Waals surface area contributed by atoms with E-state index in [-0.39, 0.29) is 5.57 Å². The Morgan fingerprint density at radius 3 is 2.28 bits per heavy atom. The SMILES string of the molecule is CC(=O)C(=Cc1ccc(O)c([N+](=O)[O-])c1)C(C)=O. The smallest absolute Gasteiger partial charge is 0.311 e. The highest BCUT2D eigenvalue weighted by molar-refractivity contribution is 6.21. The molecule has 0 atom stereocenters. The number of allylic oxidation sites excluding steroid dienone is 1. The van der Waals surface area contributed by atoms with E-state index >= 15 is 0 Å². The van der Waals surface area contributed by atoms with E-state index in [1.165, 1.54) is 26.0 Å². The summed E-state index contributed by atoms with van der Waals surface area (Å²) in [6.07, 6.45) is 1.26. The molecule has 6 nitrogen and oxygen atoms in total. The zero-order valence-electron chi connectivity index (χ0n) is 9.84. The molecule has 0 bridgehead atoms. The highest BCUT2D eigenvalue weighted by Gasteiger charge is 2.14. The van der Waals surface area contributed by atoms with Gasteiger partial charge in [-0.2, -0.15) is 0 Å². The maximum atomic E-state index is 11.2. The number of hydrogen-bond donors (Lipinski definition) is 1. The lowest BCUT2D eigenvalue weighted by Crippen LogP contribution is -2.05. The standard InChI is InChI=1S/C12H11NO5/c1-7(14)10(8(2)15)5-9-3-4-12(16)11(6-9)13(17)18/h3-6,16H,1-2H3. The number of phenols is 1. The van der Waals surface area contributed by atoms with Gasteiger partial charge in [0.25, 0.3) is 0 Å². The van der Waals surface area contributed by atoms with E-state index in [4.69, 9.17) is 0 Å². The monoisotopic (exact) mass is 249 g/mol. The van der Waals surface area contributed by atoms with Gasteiger partial charge in [0.05, 0.1) is 10.5 Å². The summed E-state index contributed by atoms with van der Waals surface area (Å²) in [6.45, 7) is 2.48. The van der Waals surface area contributed by atoms with Gasteiger partial charge in [0.15, 0.2) is 17.3 Å². The van der Waals surface area contributed by atoms with Crippen molar-refractivity contribution in [3.63, 3.8) is 0 Å². The van der Waals surface area contributed by atoms with Crippen molar-refractivity contribution in [2.24, 2.45) is 0 Å². The number of Topliss-reactive ketones (excluding diaryl/α,β-unsaturated/α-hetero) is 2. The molecule has 0 radical (unpaired) electrons. The van der Waals surface area contributed by atoms with Crippen LogP contribution in [-0.2, 0) is 9.59 Å². The first-order valence-electron chi connectivity index (χ1n) is 5.04. The second-order valence-corrected chi connectivity index (χ2v) is 3.68. The van der Waals surface area contributed by atoms with Crippen LogP contribution in [-0.4, -0.2) is 21.6 Å². The second kappa shape index (κ2) is 5.22. The van der Waals surface area contributed by atoms with Gasteiger partial charge in [-0.25, -0.2) is 0 Å². The Bertz CT molecular complexity index is 544. The molecule has 0 saturated heterocycles. The zero-order chi connectivity index (χ0) is 13.9. The summed E-state index contributed by atoms with van der Waals surface area (Å²) >= 11 is 0. The van der Waals surface area contributed by atoms with Crippen LogP contribution in [0.3, 0.4) is 0 Å². The molecule has 0 aliphatic carbocycles. The summed E-state index contributed by atoms with van der Waals surface area (Å²) in [7, 11) is 0. The molecule has 1 aromatic rings. The van der Waals surface area contributed by atoms with Gasteiger partial charge in [-0.1, -0.05) is 6.07 Å². The number of carbonyl (C=O) groups is 2. The number of benzene rings is 1.